The SMILES string of the molecule is CCOCCn1ccc2c(Cl)cc(Cl)cc21. The van der Waals surface area contributed by atoms with Gasteiger partial charge in [0.05, 0.1) is 17.1 Å². The Morgan fingerprint density at radius 1 is 1.31 bits per heavy atom. The predicted molar refractivity (Wildman–Crippen MR) is 68.5 cm³/mol. The number of fused-ring (bicyclic) bond motifs is 1. The van der Waals surface area contributed by atoms with Crippen LogP contribution in [-0.2, 0) is 11.3 Å². The third-order valence-corrected chi connectivity index (χ3v) is 3.01. The summed E-state index contributed by atoms with van der Waals surface area (Å²) in [5.41, 5.74) is 1.05. The van der Waals surface area contributed by atoms with Crippen molar-refractivity contribution in [3.63, 3.8) is 0 Å². The van der Waals surface area contributed by atoms with Crippen molar-refractivity contribution in [2.45, 2.75) is 13.5 Å². The molecule has 0 aliphatic heterocycles. The third-order valence-electron chi connectivity index (χ3n) is 2.48. The summed E-state index contributed by atoms with van der Waals surface area (Å²) in [7, 11) is 0. The lowest BCUT2D eigenvalue weighted by molar-refractivity contribution is 0.140. The van der Waals surface area contributed by atoms with Crippen molar-refractivity contribution in [2.75, 3.05) is 13.2 Å². The minimum Gasteiger partial charge on any atom is -0.380 e. The van der Waals surface area contributed by atoms with Crippen molar-refractivity contribution in [1.82, 2.24) is 4.57 Å². The lowest BCUT2D eigenvalue weighted by Crippen LogP contribution is -2.04. The van der Waals surface area contributed by atoms with Crippen molar-refractivity contribution in [3.05, 3.63) is 34.4 Å². The smallest absolute Gasteiger partial charge is 0.0645 e. The van der Waals surface area contributed by atoms with E-state index in [1.165, 1.54) is 0 Å². The first-order chi connectivity index (χ1) is 7.72. The molecule has 0 spiro atoms. The van der Waals surface area contributed by atoms with Crippen molar-refractivity contribution >= 4 is 34.1 Å². The van der Waals surface area contributed by atoms with Crippen LogP contribution in [0.2, 0.25) is 10.0 Å². The number of halogens is 2. The van der Waals surface area contributed by atoms with Crippen molar-refractivity contribution in [2.24, 2.45) is 0 Å². The van der Waals surface area contributed by atoms with E-state index >= 15 is 0 Å². The second-order valence-corrected chi connectivity index (χ2v) is 4.37. The molecule has 0 saturated carbocycles. The molecule has 2 aromatic rings. The first kappa shape index (κ1) is 11.8. The van der Waals surface area contributed by atoms with E-state index in [1.54, 1.807) is 6.07 Å². The van der Waals surface area contributed by atoms with Crippen molar-refractivity contribution in [3.8, 4) is 0 Å². The molecule has 1 aromatic carbocycles. The van der Waals surface area contributed by atoms with Gasteiger partial charge in [0.2, 0.25) is 0 Å². The highest BCUT2D eigenvalue weighted by Crippen LogP contribution is 2.28. The number of rotatable bonds is 4. The van der Waals surface area contributed by atoms with E-state index in [0.717, 1.165) is 24.1 Å². The quantitative estimate of drug-likeness (QED) is 0.756. The topological polar surface area (TPSA) is 14.2 Å². The van der Waals surface area contributed by atoms with Crippen LogP contribution < -0.4 is 0 Å². The van der Waals surface area contributed by atoms with Crippen molar-refractivity contribution < 1.29 is 4.74 Å². The van der Waals surface area contributed by atoms with Crippen LogP contribution in [-0.4, -0.2) is 17.8 Å². The molecule has 0 N–H and O–H groups in total. The van der Waals surface area contributed by atoms with Gasteiger partial charge < -0.3 is 9.30 Å². The summed E-state index contributed by atoms with van der Waals surface area (Å²) in [5.74, 6) is 0. The number of nitrogens with zero attached hydrogens (tertiary/aromatic N) is 1. The molecule has 2 nitrogen and oxygen atoms in total. The summed E-state index contributed by atoms with van der Waals surface area (Å²) in [6, 6.07) is 5.69. The minimum absolute atomic E-state index is 0.661. The van der Waals surface area contributed by atoms with Gasteiger partial charge in [-0.2, -0.15) is 0 Å². The summed E-state index contributed by atoms with van der Waals surface area (Å²) in [5, 5.41) is 2.38. The molecule has 0 radical (unpaired) electrons. The molecule has 1 heterocycles. The van der Waals surface area contributed by atoms with Gasteiger partial charge in [-0.15, -0.1) is 0 Å². The monoisotopic (exact) mass is 257 g/mol. The Balaban J connectivity index is 2.32. The van der Waals surface area contributed by atoms with E-state index in [4.69, 9.17) is 27.9 Å². The average molecular weight is 258 g/mol. The van der Waals surface area contributed by atoms with Crippen LogP contribution >= 0.6 is 23.2 Å². The Morgan fingerprint density at radius 3 is 2.88 bits per heavy atom. The molecule has 0 fully saturated rings. The molecule has 0 saturated heterocycles. The fourth-order valence-corrected chi connectivity index (χ4v) is 2.27. The standard InChI is InChI=1S/C12H13Cl2NO/c1-2-16-6-5-15-4-3-10-11(14)7-9(13)8-12(10)15/h3-4,7-8H,2,5-6H2,1H3. The van der Waals surface area contributed by atoms with Crippen molar-refractivity contribution in [1.29, 1.82) is 0 Å². The Hall–Kier alpha value is -0.700. The summed E-state index contributed by atoms with van der Waals surface area (Å²) >= 11 is 12.1. The molecule has 2 rings (SSSR count). The summed E-state index contributed by atoms with van der Waals surface area (Å²) in [6.07, 6.45) is 2.01. The van der Waals surface area contributed by atoms with Crippen LogP contribution in [0, 0.1) is 0 Å². The fraction of sp³-hybridized carbons (Fsp3) is 0.333. The van der Waals surface area contributed by atoms with Crippen LogP contribution in [0.4, 0.5) is 0 Å². The Labute approximate surface area is 105 Å². The van der Waals surface area contributed by atoms with Gasteiger partial charge in [0, 0.05) is 29.8 Å². The molecule has 1 aromatic heterocycles. The molecule has 0 aliphatic rings. The second kappa shape index (κ2) is 5.09. The molecule has 0 amide bonds. The Morgan fingerprint density at radius 2 is 2.12 bits per heavy atom. The normalized spacial score (nSPS) is 11.2. The summed E-state index contributed by atoms with van der Waals surface area (Å²) < 4.78 is 7.43. The zero-order chi connectivity index (χ0) is 11.5. The molecule has 0 atom stereocenters. The Kier molecular flexibility index (Phi) is 3.74. The average Bonchev–Trinajstić information content (AvgIpc) is 2.62. The molecule has 4 heteroatoms. The molecular formula is C12H13Cl2NO. The van der Waals surface area contributed by atoms with Gasteiger partial charge in [0.15, 0.2) is 0 Å². The van der Waals surface area contributed by atoms with Gasteiger partial charge in [-0.25, -0.2) is 0 Å². The highest BCUT2D eigenvalue weighted by molar-refractivity contribution is 6.38. The van der Waals surface area contributed by atoms with Crippen LogP contribution in [0.25, 0.3) is 10.9 Å². The van der Waals surface area contributed by atoms with Gasteiger partial charge in [-0.1, -0.05) is 23.2 Å². The minimum atomic E-state index is 0.661. The van der Waals surface area contributed by atoms with E-state index in [0.29, 0.717) is 16.7 Å². The maximum Gasteiger partial charge on any atom is 0.0645 e. The Bertz CT molecular complexity index is 493. The number of aromatic nitrogens is 1. The van der Waals surface area contributed by atoms with E-state index in [-0.39, 0.29) is 0 Å². The number of hydrogen-bond acceptors (Lipinski definition) is 1. The maximum atomic E-state index is 6.11. The number of benzene rings is 1. The first-order valence-corrected chi connectivity index (χ1v) is 5.99. The first-order valence-electron chi connectivity index (χ1n) is 5.24. The van der Waals surface area contributed by atoms with Gasteiger partial charge in [0.25, 0.3) is 0 Å². The summed E-state index contributed by atoms with van der Waals surface area (Å²) in [6.45, 7) is 4.24. The van der Waals surface area contributed by atoms with Crippen LogP contribution in [0.3, 0.4) is 0 Å². The molecule has 86 valence electrons. The van der Waals surface area contributed by atoms with Gasteiger partial charge >= 0.3 is 0 Å². The predicted octanol–water partition coefficient (Wildman–Crippen LogP) is 3.98. The van der Waals surface area contributed by atoms with E-state index in [9.17, 15) is 0 Å². The fourth-order valence-electron chi connectivity index (χ4n) is 1.72. The zero-order valence-electron chi connectivity index (χ0n) is 9.04. The highest BCUT2D eigenvalue weighted by Gasteiger charge is 2.05. The zero-order valence-corrected chi connectivity index (χ0v) is 10.6. The lowest BCUT2D eigenvalue weighted by Gasteiger charge is -2.06. The lowest BCUT2D eigenvalue weighted by atomic mass is 10.2. The van der Waals surface area contributed by atoms with Gasteiger partial charge in [-0.3, -0.25) is 0 Å². The van der Waals surface area contributed by atoms with Crippen LogP contribution in [0.5, 0.6) is 0 Å². The van der Waals surface area contributed by atoms with Gasteiger partial charge in [0.1, 0.15) is 0 Å². The molecule has 0 aliphatic carbocycles. The van der Waals surface area contributed by atoms with Gasteiger partial charge in [-0.05, 0) is 25.1 Å². The molecule has 0 bridgehead atoms. The largest absolute Gasteiger partial charge is 0.380 e. The van der Waals surface area contributed by atoms with Crippen LogP contribution in [0.15, 0.2) is 24.4 Å². The molecular weight excluding hydrogens is 245 g/mol. The van der Waals surface area contributed by atoms with E-state index < -0.39 is 0 Å². The summed E-state index contributed by atoms with van der Waals surface area (Å²) in [4.78, 5) is 0. The molecule has 0 unspecified atom stereocenters. The van der Waals surface area contributed by atoms with E-state index in [1.807, 2.05) is 25.3 Å². The highest BCUT2D eigenvalue weighted by atomic mass is 35.5. The van der Waals surface area contributed by atoms with Crippen LogP contribution in [0.1, 0.15) is 6.92 Å². The number of ether oxygens (including phenoxy) is 1. The second-order valence-electron chi connectivity index (χ2n) is 3.53. The maximum absolute atomic E-state index is 6.11. The van der Waals surface area contributed by atoms with E-state index in [2.05, 4.69) is 4.57 Å². The third kappa shape index (κ3) is 2.34. The number of hydrogen-bond donors (Lipinski definition) is 0. The molecule has 16 heavy (non-hydrogen) atoms.